The van der Waals surface area contributed by atoms with E-state index in [1.165, 1.54) is 11.5 Å². The molecule has 0 aliphatic carbocycles. The van der Waals surface area contributed by atoms with Gasteiger partial charge in [-0.25, -0.2) is 4.98 Å². The van der Waals surface area contributed by atoms with Crippen molar-refractivity contribution in [1.82, 2.24) is 9.36 Å². The summed E-state index contributed by atoms with van der Waals surface area (Å²) >= 11 is 9.14. The van der Waals surface area contributed by atoms with Crippen LogP contribution in [0.4, 0.5) is 0 Å². The van der Waals surface area contributed by atoms with Crippen LogP contribution in [-0.4, -0.2) is 15.4 Å². The summed E-state index contributed by atoms with van der Waals surface area (Å²) < 4.78 is 4.87. The predicted octanol–water partition coefficient (Wildman–Crippen LogP) is 3.23. The molecule has 2 aromatic rings. The molecule has 6 heteroatoms. The molecule has 0 saturated heterocycles. The number of nitrogens with zero attached hydrogens (tertiary/aromatic N) is 2. The summed E-state index contributed by atoms with van der Waals surface area (Å²) in [5.74, 6) is 0. The molecule has 0 aliphatic heterocycles. The van der Waals surface area contributed by atoms with Gasteiger partial charge < -0.3 is 5.73 Å². The van der Waals surface area contributed by atoms with E-state index in [0.29, 0.717) is 0 Å². The molecule has 1 aromatic heterocycles. The van der Waals surface area contributed by atoms with Crippen molar-refractivity contribution >= 4 is 34.9 Å². The summed E-state index contributed by atoms with van der Waals surface area (Å²) in [6.45, 7) is 1.99. The Bertz CT molecular complexity index is 485. The number of hydrogen-bond donors (Lipinski definition) is 1. The third kappa shape index (κ3) is 3.42. The van der Waals surface area contributed by atoms with E-state index in [1.54, 1.807) is 18.1 Å². The number of hydrogen-bond acceptors (Lipinski definition) is 5. The maximum absolute atomic E-state index is 6.22. The highest BCUT2D eigenvalue weighted by Gasteiger charge is 2.11. The van der Waals surface area contributed by atoms with Gasteiger partial charge in [0.05, 0.1) is 5.02 Å². The Labute approximate surface area is 114 Å². The van der Waals surface area contributed by atoms with Crippen molar-refractivity contribution in [3.63, 3.8) is 0 Å². The van der Waals surface area contributed by atoms with E-state index in [0.717, 1.165) is 26.2 Å². The molecule has 0 fully saturated rings. The van der Waals surface area contributed by atoms with Gasteiger partial charge >= 0.3 is 0 Å². The van der Waals surface area contributed by atoms with Gasteiger partial charge in [-0.05, 0) is 36.5 Å². The Kier molecular flexibility index (Phi) is 4.39. The van der Waals surface area contributed by atoms with Crippen LogP contribution in [0.2, 0.25) is 5.02 Å². The van der Waals surface area contributed by atoms with Crippen LogP contribution >= 0.6 is 34.9 Å². The molecular weight excluding hydrogens is 274 g/mol. The van der Waals surface area contributed by atoms with Crippen LogP contribution in [0.5, 0.6) is 0 Å². The molecule has 0 bridgehead atoms. The molecule has 1 atom stereocenters. The molecule has 0 amide bonds. The highest BCUT2D eigenvalue weighted by Crippen LogP contribution is 2.36. The summed E-state index contributed by atoms with van der Waals surface area (Å²) in [6.07, 6.45) is 2.36. The van der Waals surface area contributed by atoms with Crippen molar-refractivity contribution in [1.29, 1.82) is 0 Å². The van der Waals surface area contributed by atoms with E-state index in [2.05, 4.69) is 15.4 Å². The van der Waals surface area contributed by atoms with Gasteiger partial charge in [0.2, 0.25) is 0 Å². The quantitative estimate of drug-likeness (QED) is 0.937. The molecular formula is C11H12ClN3S2. The molecule has 0 saturated carbocycles. The third-order valence-corrected chi connectivity index (χ3v) is 4.45. The topological polar surface area (TPSA) is 51.8 Å². The first-order valence-corrected chi connectivity index (χ1v) is 7.11. The summed E-state index contributed by atoms with van der Waals surface area (Å²) in [4.78, 5) is 5.18. The van der Waals surface area contributed by atoms with Crippen LogP contribution in [0.1, 0.15) is 12.5 Å². The first-order valence-electron chi connectivity index (χ1n) is 5.14. The van der Waals surface area contributed by atoms with E-state index in [1.807, 2.05) is 19.1 Å². The molecule has 90 valence electrons. The smallest absolute Gasteiger partial charge is 0.174 e. The van der Waals surface area contributed by atoms with E-state index in [-0.39, 0.29) is 6.04 Å². The lowest BCUT2D eigenvalue weighted by atomic mass is 10.1. The van der Waals surface area contributed by atoms with Gasteiger partial charge in [-0.15, -0.1) is 0 Å². The van der Waals surface area contributed by atoms with Crippen molar-refractivity contribution in [3.8, 4) is 0 Å². The zero-order valence-electron chi connectivity index (χ0n) is 9.26. The molecule has 1 heterocycles. The van der Waals surface area contributed by atoms with Crippen LogP contribution < -0.4 is 5.73 Å². The molecule has 2 N–H and O–H groups in total. The summed E-state index contributed by atoms with van der Waals surface area (Å²) in [7, 11) is 0. The Morgan fingerprint density at radius 2 is 2.35 bits per heavy atom. The zero-order valence-corrected chi connectivity index (χ0v) is 11.6. The van der Waals surface area contributed by atoms with Crippen molar-refractivity contribution < 1.29 is 0 Å². The first kappa shape index (κ1) is 12.8. The molecule has 3 nitrogen and oxygen atoms in total. The first-order chi connectivity index (χ1) is 8.16. The lowest BCUT2D eigenvalue weighted by Gasteiger charge is -2.11. The Morgan fingerprint density at radius 3 is 3.00 bits per heavy atom. The second-order valence-electron chi connectivity index (χ2n) is 3.72. The average Bonchev–Trinajstić information content (AvgIpc) is 2.75. The number of benzene rings is 1. The number of rotatable bonds is 4. The summed E-state index contributed by atoms with van der Waals surface area (Å²) in [6, 6.07) is 6.00. The molecule has 0 aliphatic rings. The third-order valence-electron chi connectivity index (χ3n) is 2.12. The fourth-order valence-corrected chi connectivity index (χ4v) is 3.31. The van der Waals surface area contributed by atoms with Crippen LogP contribution in [0, 0.1) is 0 Å². The maximum Gasteiger partial charge on any atom is 0.174 e. The van der Waals surface area contributed by atoms with Crippen LogP contribution in [0.15, 0.2) is 33.8 Å². The van der Waals surface area contributed by atoms with Gasteiger partial charge in [0.15, 0.2) is 4.34 Å². The Balaban J connectivity index is 2.30. The molecule has 0 spiro atoms. The van der Waals surface area contributed by atoms with Gasteiger partial charge in [0.1, 0.15) is 6.33 Å². The molecule has 0 radical (unpaired) electrons. The van der Waals surface area contributed by atoms with Crippen molar-refractivity contribution in [2.24, 2.45) is 5.73 Å². The molecule has 17 heavy (non-hydrogen) atoms. The van der Waals surface area contributed by atoms with Crippen molar-refractivity contribution in [2.75, 3.05) is 0 Å². The molecule has 2 rings (SSSR count). The van der Waals surface area contributed by atoms with Gasteiger partial charge in [0.25, 0.3) is 0 Å². The van der Waals surface area contributed by atoms with E-state index < -0.39 is 0 Å². The average molecular weight is 286 g/mol. The standard InChI is InChI=1S/C11H12ClN3S2/c1-7(13)5-8-3-2-4-9(12)10(8)16-11-14-6-15-17-11/h2-4,6-7H,5,13H2,1H3. The monoisotopic (exact) mass is 285 g/mol. The van der Waals surface area contributed by atoms with E-state index in [9.17, 15) is 0 Å². The fraction of sp³-hybridized carbons (Fsp3) is 0.273. The minimum atomic E-state index is 0.113. The molecule has 1 aromatic carbocycles. The van der Waals surface area contributed by atoms with Crippen LogP contribution in [0.25, 0.3) is 0 Å². The second kappa shape index (κ2) is 5.82. The Morgan fingerprint density at radius 1 is 1.53 bits per heavy atom. The lowest BCUT2D eigenvalue weighted by Crippen LogP contribution is -2.18. The van der Waals surface area contributed by atoms with Gasteiger partial charge in [-0.2, -0.15) is 4.37 Å². The highest BCUT2D eigenvalue weighted by atomic mass is 35.5. The zero-order chi connectivity index (χ0) is 12.3. The summed E-state index contributed by atoms with van der Waals surface area (Å²) in [5, 5.41) is 0.739. The van der Waals surface area contributed by atoms with Gasteiger partial charge in [-0.1, -0.05) is 35.5 Å². The minimum Gasteiger partial charge on any atom is -0.328 e. The minimum absolute atomic E-state index is 0.113. The fourth-order valence-electron chi connectivity index (χ4n) is 1.47. The van der Waals surface area contributed by atoms with Gasteiger partial charge in [0, 0.05) is 10.9 Å². The number of nitrogens with two attached hydrogens (primary N) is 1. The van der Waals surface area contributed by atoms with E-state index >= 15 is 0 Å². The number of aromatic nitrogens is 2. The number of halogens is 1. The second-order valence-corrected chi connectivity index (χ2v) is 6.16. The van der Waals surface area contributed by atoms with Crippen molar-refractivity contribution in [3.05, 3.63) is 35.1 Å². The van der Waals surface area contributed by atoms with Crippen molar-refractivity contribution in [2.45, 2.75) is 28.6 Å². The van der Waals surface area contributed by atoms with Crippen LogP contribution in [-0.2, 0) is 6.42 Å². The molecule has 1 unspecified atom stereocenters. The Hall–Kier alpha value is -0.620. The predicted molar refractivity (Wildman–Crippen MR) is 72.8 cm³/mol. The maximum atomic E-state index is 6.22. The largest absolute Gasteiger partial charge is 0.328 e. The summed E-state index contributed by atoms with van der Waals surface area (Å²) in [5.41, 5.74) is 7.00. The van der Waals surface area contributed by atoms with Crippen LogP contribution in [0.3, 0.4) is 0 Å². The lowest BCUT2D eigenvalue weighted by molar-refractivity contribution is 0.729. The van der Waals surface area contributed by atoms with E-state index in [4.69, 9.17) is 17.3 Å². The van der Waals surface area contributed by atoms with Gasteiger partial charge in [-0.3, -0.25) is 0 Å². The normalized spacial score (nSPS) is 12.6. The highest BCUT2D eigenvalue weighted by molar-refractivity contribution is 8.01. The SMILES string of the molecule is CC(N)Cc1cccc(Cl)c1Sc1ncns1.